The van der Waals surface area contributed by atoms with Gasteiger partial charge in [0.15, 0.2) is 0 Å². The summed E-state index contributed by atoms with van der Waals surface area (Å²) in [5, 5.41) is 4.11. The standard InChI is InChI=1S/C15H19N3O.ClH/c1-11-4-6-12(7-5-11)13-17-14(19-18-13)15(10-16)8-2-3-9-15;/h4-7H,2-3,8-10,16H2,1H3;1H. The van der Waals surface area contributed by atoms with E-state index in [4.69, 9.17) is 10.3 Å². The van der Waals surface area contributed by atoms with Crippen molar-refractivity contribution in [1.29, 1.82) is 0 Å². The zero-order chi connectivity index (χ0) is 13.3. The van der Waals surface area contributed by atoms with Crippen LogP contribution in [0.4, 0.5) is 0 Å². The monoisotopic (exact) mass is 293 g/mol. The van der Waals surface area contributed by atoms with E-state index in [0.29, 0.717) is 18.3 Å². The van der Waals surface area contributed by atoms with Crippen LogP contribution in [0.2, 0.25) is 0 Å². The van der Waals surface area contributed by atoms with Crippen molar-refractivity contribution in [2.45, 2.75) is 38.0 Å². The third-order valence-corrected chi connectivity index (χ3v) is 4.14. The van der Waals surface area contributed by atoms with Gasteiger partial charge in [-0.05, 0) is 19.8 Å². The number of halogens is 1. The Kier molecular flexibility index (Phi) is 4.45. The Morgan fingerprint density at radius 3 is 2.45 bits per heavy atom. The lowest BCUT2D eigenvalue weighted by molar-refractivity contribution is 0.284. The van der Waals surface area contributed by atoms with E-state index in [2.05, 4.69) is 29.2 Å². The van der Waals surface area contributed by atoms with Crippen molar-refractivity contribution in [3.8, 4) is 11.4 Å². The molecule has 1 aliphatic rings. The summed E-state index contributed by atoms with van der Waals surface area (Å²) in [4.78, 5) is 4.58. The third-order valence-electron chi connectivity index (χ3n) is 4.14. The number of aromatic nitrogens is 2. The van der Waals surface area contributed by atoms with E-state index >= 15 is 0 Å². The molecule has 5 heteroatoms. The fourth-order valence-electron chi connectivity index (χ4n) is 2.82. The van der Waals surface area contributed by atoms with Crippen molar-refractivity contribution in [3.05, 3.63) is 35.7 Å². The van der Waals surface area contributed by atoms with Crippen LogP contribution in [-0.2, 0) is 5.41 Å². The number of hydrogen-bond acceptors (Lipinski definition) is 4. The highest BCUT2D eigenvalue weighted by molar-refractivity contribution is 5.85. The Balaban J connectivity index is 0.00000147. The molecule has 1 aliphatic carbocycles. The maximum Gasteiger partial charge on any atom is 0.234 e. The summed E-state index contributed by atoms with van der Waals surface area (Å²) >= 11 is 0. The second-order valence-electron chi connectivity index (χ2n) is 5.48. The minimum atomic E-state index is -0.0874. The van der Waals surface area contributed by atoms with Gasteiger partial charge < -0.3 is 10.3 Å². The lowest BCUT2D eigenvalue weighted by Gasteiger charge is -2.21. The molecule has 0 radical (unpaired) electrons. The molecule has 0 aliphatic heterocycles. The lowest BCUT2D eigenvalue weighted by Crippen LogP contribution is -2.32. The molecule has 0 amide bonds. The van der Waals surface area contributed by atoms with Crippen LogP contribution >= 0.6 is 12.4 Å². The molecule has 4 nitrogen and oxygen atoms in total. The molecular weight excluding hydrogens is 274 g/mol. The molecule has 0 atom stereocenters. The molecule has 0 unspecified atom stereocenters. The average Bonchev–Trinajstić information content (AvgIpc) is 3.09. The van der Waals surface area contributed by atoms with Crippen molar-refractivity contribution in [2.75, 3.05) is 6.54 Å². The van der Waals surface area contributed by atoms with Gasteiger partial charge in [0.25, 0.3) is 0 Å². The SMILES string of the molecule is Cc1ccc(-c2noc(C3(CN)CCCC3)n2)cc1.Cl. The van der Waals surface area contributed by atoms with E-state index < -0.39 is 0 Å². The molecule has 0 bridgehead atoms. The van der Waals surface area contributed by atoms with Crippen molar-refractivity contribution in [2.24, 2.45) is 5.73 Å². The van der Waals surface area contributed by atoms with E-state index in [1.807, 2.05) is 12.1 Å². The molecule has 1 saturated carbocycles. The van der Waals surface area contributed by atoms with Gasteiger partial charge in [0, 0.05) is 12.1 Å². The highest BCUT2D eigenvalue weighted by Gasteiger charge is 2.39. The summed E-state index contributed by atoms with van der Waals surface area (Å²) in [5.74, 6) is 1.37. The first kappa shape index (κ1) is 15.0. The van der Waals surface area contributed by atoms with Gasteiger partial charge in [0.05, 0.1) is 5.41 Å². The maximum absolute atomic E-state index is 5.94. The largest absolute Gasteiger partial charge is 0.338 e. The predicted molar refractivity (Wildman–Crippen MR) is 80.9 cm³/mol. The number of aryl methyl sites for hydroxylation is 1. The summed E-state index contributed by atoms with van der Waals surface area (Å²) in [6, 6.07) is 8.15. The van der Waals surface area contributed by atoms with Gasteiger partial charge >= 0.3 is 0 Å². The molecule has 2 aromatic rings. The van der Waals surface area contributed by atoms with Gasteiger partial charge in [-0.3, -0.25) is 0 Å². The van der Waals surface area contributed by atoms with Crippen LogP contribution in [-0.4, -0.2) is 16.7 Å². The molecular formula is C15H20ClN3O. The van der Waals surface area contributed by atoms with Gasteiger partial charge in [-0.25, -0.2) is 0 Å². The summed E-state index contributed by atoms with van der Waals surface area (Å²) in [6.07, 6.45) is 4.50. The van der Waals surface area contributed by atoms with E-state index in [9.17, 15) is 0 Å². The van der Waals surface area contributed by atoms with Crippen molar-refractivity contribution < 1.29 is 4.52 Å². The molecule has 1 aromatic carbocycles. The average molecular weight is 294 g/mol. The zero-order valence-corrected chi connectivity index (χ0v) is 12.4. The highest BCUT2D eigenvalue weighted by Crippen LogP contribution is 2.39. The number of hydrogen-bond donors (Lipinski definition) is 1. The fraction of sp³-hybridized carbons (Fsp3) is 0.467. The van der Waals surface area contributed by atoms with Crippen LogP contribution in [0.5, 0.6) is 0 Å². The van der Waals surface area contributed by atoms with Crippen LogP contribution in [0.3, 0.4) is 0 Å². The second kappa shape index (κ2) is 5.94. The molecule has 20 heavy (non-hydrogen) atoms. The van der Waals surface area contributed by atoms with Crippen molar-refractivity contribution in [3.63, 3.8) is 0 Å². The minimum Gasteiger partial charge on any atom is -0.338 e. The van der Waals surface area contributed by atoms with Crippen LogP contribution in [0, 0.1) is 6.92 Å². The predicted octanol–water partition coefficient (Wildman–Crippen LogP) is 3.24. The summed E-state index contributed by atoms with van der Waals surface area (Å²) in [7, 11) is 0. The second-order valence-corrected chi connectivity index (χ2v) is 5.48. The van der Waals surface area contributed by atoms with Gasteiger partial charge in [-0.2, -0.15) is 4.98 Å². The van der Waals surface area contributed by atoms with Gasteiger partial charge in [0.1, 0.15) is 0 Å². The number of nitrogens with two attached hydrogens (primary N) is 1. The fourth-order valence-corrected chi connectivity index (χ4v) is 2.82. The molecule has 2 N–H and O–H groups in total. The van der Waals surface area contributed by atoms with Crippen molar-refractivity contribution >= 4 is 12.4 Å². The zero-order valence-electron chi connectivity index (χ0n) is 11.6. The Morgan fingerprint density at radius 2 is 1.85 bits per heavy atom. The lowest BCUT2D eigenvalue weighted by atomic mass is 9.86. The quantitative estimate of drug-likeness (QED) is 0.943. The minimum absolute atomic E-state index is 0. The highest BCUT2D eigenvalue weighted by atomic mass is 35.5. The Hall–Kier alpha value is -1.39. The Labute approximate surface area is 125 Å². The third kappa shape index (κ3) is 2.58. The molecule has 108 valence electrons. The van der Waals surface area contributed by atoms with E-state index in [1.165, 1.54) is 18.4 Å². The van der Waals surface area contributed by atoms with Crippen LogP contribution in [0.15, 0.2) is 28.8 Å². The van der Waals surface area contributed by atoms with Gasteiger partial charge in [-0.15, -0.1) is 12.4 Å². The molecule has 1 fully saturated rings. The Morgan fingerprint density at radius 1 is 1.20 bits per heavy atom. The maximum atomic E-state index is 5.94. The smallest absolute Gasteiger partial charge is 0.234 e. The van der Waals surface area contributed by atoms with Crippen LogP contribution in [0.1, 0.15) is 37.1 Å². The van der Waals surface area contributed by atoms with E-state index in [1.54, 1.807) is 0 Å². The number of rotatable bonds is 3. The van der Waals surface area contributed by atoms with E-state index in [-0.39, 0.29) is 17.8 Å². The molecule has 3 rings (SSSR count). The molecule has 0 saturated heterocycles. The summed E-state index contributed by atoms with van der Waals surface area (Å²) < 4.78 is 5.49. The van der Waals surface area contributed by atoms with Crippen LogP contribution in [0.25, 0.3) is 11.4 Å². The topological polar surface area (TPSA) is 64.9 Å². The Bertz CT molecular complexity index is 559. The van der Waals surface area contributed by atoms with Crippen LogP contribution < -0.4 is 5.73 Å². The molecule has 1 heterocycles. The summed E-state index contributed by atoms with van der Waals surface area (Å²) in [5.41, 5.74) is 8.07. The van der Waals surface area contributed by atoms with E-state index in [0.717, 1.165) is 18.4 Å². The normalized spacial score (nSPS) is 16.9. The first-order valence-corrected chi connectivity index (χ1v) is 6.85. The van der Waals surface area contributed by atoms with Crippen molar-refractivity contribution in [1.82, 2.24) is 10.1 Å². The van der Waals surface area contributed by atoms with Gasteiger partial charge in [-0.1, -0.05) is 47.8 Å². The van der Waals surface area contributed by atoms with Gasteiger partial charge in [0.2, 0.25) is 11.7 Å². The number of benzene rings is 1. The molecule has 0 spiro atoms. The summed E-state index contributed by atoms with van der Waals surface area (Å²) in [6.45, 7) is 2.65. The first-order chi connectivity index (χ1) is 9.23. The number of nitrogens with zero attached hydrogens (tertiary/aromatic N) is 2. The molecule has 1 aromatic heterocycles. The first-order valence-electron chi connectivity index (χ1n) is 6.85.